The predicted octanol–water partition coefficient (Wildman–Crippen LogP) is 2.35. The van der Waals surface area contributed by atoms with Crippen LogP contribution in [0.3, 0.4) is 0 Å². The van der Waals surface area contributed by atoms with Crippen LogP contribution >= 0.6 is 0 Å². The number of carbonyl (C=O) groups excluding carboxylic acids is 1. The van der Waals surface area contributed by atoms with Crippen molar-refractivity contribution in [1.82, 2.24) is 9.97 Å². The fraction of sp³-hybridized carbons (Fsp3) is 0. The van der Waals surface area contributed by atoms with E-state index in [9.17, 15) is 4.79 Å². The minimum Gasteiger partial charge on any atom is -0.365 e. The summed E-state index contributed by atoms with van der Waals surface area (Å²) in [5.41, 5.74) is 8.67. The highest BCUT2D eigenvalue weighted by Crippen LogP contribution is 2.25. The third kappa shape index (κ3) is 2.78. The lowest BCUT2D eigenvalue weighted by molar-refractivity contribution is -0.112. The van der Waals surface area contributed by atoms with Gasteiger partial charge in [-0.15, -0.1) is 0 Å². The number of amidine groups is 2. The molecule has 3 aliphatic rings. The molecule has 5 heterocycles. The van der Waals surface area contributed by atoms with Crippen LogP contribution in [0, 0.1) is 0 Å². The molecule has 27 heavy (non-hydrogen) atoms. The number of fused-ring (bicyclic) bond motifs is 6. The molecule has 2 aromatic rings. The van der Waals surface area contributed by atoms with Crippen molar-refractivity contribution in [1.29, 1.82) is 0 Å². The highest BCUT2D eigenvalue weighted by atomic mass is 16.1. The zero-order valence-corrected chi connectivity index (χ0v) is 14.1. The van der Waals surface area contributed by atoms with Crippen molar-refractivity contribution in [2.24, 2.45) is 15.7 Å². The van der Waals surface area contributed by atoms with Gasteiger partial charge in [-0.1, -0.05) is 0 Å². The molecular weight excluding hydrogens is 342 g/mol. The van der Waals surface area contributed by atoms with E-state index in [1.54, 1.807) is 12.2 Å². The zero-order valence-electron chi connectivity index (χ0n) is 14.1. The summed E-state index contributed by atoms with van der Waals surface area (Å²) < 4.78 is 0. The van der Waals surface area contributed by atoms with Crippen molar-refractivity contribution >= 4 is 40.9 Å². The third-order valence-electron chi connectivity index (χ3n) is 4.30. The Morgan fingerprint density at radius 3 is 2.37 bits per heavy atom. The summed E-state index contributed by atoms with van der Waals surface area (Å²) in [5.74, 6) is 2.35. The molecule has 1 amide bonds. The average molecular weight is 357 g/mol. The standard InChI is InChI=1S/C19H15N7O/c20-19(27)18-12-3-1-10(21-12)9-11-2-5-14(22-11)24-16-7-8-17(26-16)25-15-6-4-13(18)23-15/h1-9,21H,(H2,20,27)(H3,22,23,24,25,26). The summed E-state index contributed by atoms with van der Waals surface area (Å²) in [7, 11) is 0. The minimum absolute atomic E-state index is 0.333. The Bertz CT molecular complexity index is 1150. The van der Waals surface area contributed by atoms with Crippen molar-refractivity contribution in [3.05, 3.63) is 71.4 Å². The average Bonchev–Trinajstić information content (AvgIpc) is 3.39. The first-order valence-electron chi connectivity index (χ1n) is 8.36. The number of hydrogen-bond donors (Lipinski definition) is 5. The number of allylic oxidation sites excluding steroid dienone is 2. The molecule has 0 fully saturated rings. The van der Waals surface area contributed by atoms with E-state index in [1.165, 1.54) is 0 Å². The lowest BCUT2D eigenvalue weighted by atomic mass is 10.1. The van der Waals surface area contributed by atoms with Crippen molar-refractivity contribution in [3.63, 3.8) is 0 Å². The molecule has 3 aliphatic heterocycles. The van der Waals surface area contributed by atoms with Crippen LogP contribution in [-0.2, 0) is 4.79 Å². The van der Waals surface area contributed by atoms with Crippen LogP contribution in [0.1, 0.15) is 11.4 Å². The maximum Gasteiger partial charge on any atom is 0.253 e. The summed E-state index contributed by atoms with van der Waals surface area (Å²) >= 11 is 0. The van der Waals surface area contributed by atoms with Gasteiger partial charge in [-0.25, -0.2) is 9.98 Å². The number of aliphatic imine (C=N–C) groups is 2. The molecule has 0 aromatic carbocycles. The van der Waals surface area contributed by atoms with Crippen molar-refractivity contribution in [2.45, 2.75) is 0 Å². The number of carbonyl (C=O) groups is 1. The van der Waals surface area contributed by atoms with Gasteiger partial charge < -0.3 is 26.3 Å². The summed E-state index contributed by atoms with van der Waals surface area (Å²) in [4.78, 5) is 27.5. The number of nitrogens with one attached hydrogen (secondary N) is 4. The van der Waals surface area contributed by atoms with Crippen LogP contribution in [0.15, 0.2) is 69.9 Å². The number of aromatic nitrogens is 2. The highest BCUT2D eigenvalue weighted by Gasteiger charge is 2.19. The van der Waals surface area contributed by atoms with Crippen molar-refractivity contribution < 1.29 is 4.79 Å². The van der Waals surface area contributed by atoms with Crippen LogP contribution in [0.4, 0.5) is 11.6 Å². The monoisotopic (exact) mass is 357 g/mol. The van der Waals surface area contributed by atoms with Gasteiger partial charge in [0.25, 0.3) is 5.91 Å². The number of amides is 1. The molecular formula is C19H15N7O. The lowest BCUT2D eigenvalue weighted by Crippen LogP contribution is -2.15. The smallest absolute Gasteiger partial charge is 0.253 e. The van der Waals surface area contributed by atoms with Gasteiger partial charge in [-0.3, -0.25) is 4.79 Å². The fourth-order valence-corrected chi connectivity index (χ4v) is 3.11. The van der Waals surface area contributed by atoms with Crippen molar-refractivity contribution in [2.75, 3.05) is 10.6 Å². The zero-order chi connectivity index (χ0) is 18.4. The van der Waals surface area contributed by atoms with Crippen LogP contribution in [0.25, 0.3) is 11.6 Å². The summed E-state index contributed by atoms with van der Waals surface area (Å²) in [6.07, 6.45) is 9.26. The van der Waals surface area contributed by atoms with Crippen molar-refractivity contribution in [3.8, 4) is 0 Å². The molecule has 0 spiro atoms. The Labute approximate surface area is 154 Å². The number of H-pyrrole nitrogens is 2. The van der Waals surface area contributed by atoms with E-state index in [0.717, 1.165) is 28.9 Å². The molecule has 8 heteroatoms. The number of hydrogen-bond acceptors (Lipinski definition) is 5. The molecule has 8 nitrogen and oxygen atoms in total. The van der Waals surface area contributed by atoms with E-state index in [2.05, 4.69) is 30.6 Å². The topological polar surface area (TPSA) is 123 Å². The quantitative estimate of drug-likeness (QED) is 0.538. The Hall–Kier alpha value is -4.07. The number of nitrogens with zero attached hydrogens (tertiary/aromatic N) is 2. The van der Waals surface area contributed by atoms with E-state index < -0.39 is 5.91 Å². The molecule has 6 N–H and O–H groups in total. The van der Waals surface area contributed by atoms with Gasteiger partial charge in [-0.05, 0) is 54.6 Å². The number of primary amides is 1. The fourth-order valence-electron chi connectivity index (χ4n) is 3.11. The van der Waals surface area contributed by atoms with Gasteiger partial charge >= 0.3 is 0 Å². The second kappa shape index (κ2) is 5.73. The number of rotatable bonds is 1. The summed E-state index contributed by atoms with van der Waals surface area (Å²) in [5, 5.41) is 6.40. The van der Waals surface area contributed by atoms with Crippen LogP contribution in [0.2, 0.25) is 0 Å². The van der Waals surface area contributed by atoms with E-state index in [0.29, 0.717) is 22.8 Å². The van der Waals surface area contributed by atoms with E-state index >= 15 is 0 Å². The number of anilines is 2. The van der Waals surface area contributed by atoms with Crippen LogP contribution < -0.4 is 16.4 Å². The Balaban J connectivity index is 1.66. The number of aromatic amines is 2. The largest absolute Gasteiger partial charge is 0.365 e. The van der Waals surface area contributed by atoms with Crippen LogP contribution in [0.5, 0.6) is 0 Å². The number of nitrogens with two attached hydrogens (primary N) is 1. The van der Waals surface area contributed by atoms with Gasteiger partial charge in [-0.2, -0.15) is 0 Å². The Morgan fingerprint density at radius 2 is 1.59 bits per heavy atom. The molecule has 132 valence electrons. The van der Waals surface area contributed by atoms with Gasteiger partial charge in [0.15, 0.2) is 0 Å². The SMILES string of the molecule is NC(=O)C1=C2C=CC(=N2)Nc2ccc([nH]2)NC2=NC(=Cc3ccc1[nH]3)C=C2. The van der Waals surface area contributed by atoms with E-state index in [1.807, 2.05) is 42.5 Å². The molecule has 0 radical (unpaired) electrons. The summed E-state index contributed by atoms with van der Waals surface area (Å²) in [6.45, 7) is 0. The molecule has 5 rings (SSSR count). The molecule has 0 atom stereocenters. The maximum atomic E-state index is 12.1. The molecule has 0 saturated carbocycles. The molecule has 8 bridgehead atoms. The van der Waals surface area contributed by atoms with E-state index in [4.69, 9.17) is 5.73 Å². The molecule has 0 unspecified atom stereocenters. The second-order valence-electron chi connectivity index (χ2n) is 6.22. The third-order valence-corrected chi connectivity index (χ3v) is 4.30. The van der Waals surface area contributed by atoms with Gasteiger partial charge in [0, 0.05) is 5.69 Å². The molecule has 0 aliphatic carbocycles. The maximum absolute atomic E-state index is 12.1. The second-order valence-corrected chi connectivity index (χ2v) is 6.22. The van der Waals surface area contributed by atoms with E-state index in [-0.39, 0.29) is 0 Å². The van der Waals surface area contributed by atoms with Gasteiger partial charge in [0.1, 0.15) is 23.3 Å². The van der Waals surface area contributed by atoms with Gasteiger partial charge in [0.2, 0.25) is 0 Å². The van der Waals surface area contributed by atoms with Crippen LogP contribution in [-0.4, -0.2) is 27.5 Å². The first-order chi connectivity index (χ1) is 13.1. The highest BCUT2D eigenvalue weighted by molar-refractivity contribution is 6.21. The normalized spacial score (nSPS) is 17.3. The lowest BCUT2D eigenvalue weighted by Gasteiger charge is -2.05. The summed E-state index contributed by atoms with van der Waals surface area (Å²) in [6, 6.07) is 7.47. The Morgan fingerprint density at radius 1 is 0.852 bits per heavy atom. The minimum atomic E-state index is -0.547. The first-order valence-corrected chi connectivity index (χ1v) is 8.36. The Kier molecular flexibility index (Phi) is 3.23. The predicted molar refractivity (Wildman–Crippen MR) is 106 cm³/mol. The molecule has 0 saturated heterocycles. The molecule has 2 aromatic heterocycles. The van der Waals surface area contributed by atoms with Gasteiger partial charge in [0.05, 0.1) is 22.7 Å². The first kappa shape index (κ1) is 15.2.